The van der Waals surface area contributed by atoms with Crippen molar-refractivity contribution in [3.63, 3.8) is 0 Å². The smallest absolute Gasteiger partial charge is 0.147 e. The minimum absolute atomic E-state index is 0.0342. The van der Waals surface area contributed by atoms with Gasteiger partial charge in [-0.2, -0.15) is 0 Å². The Morgan fingerprint density at radius 3 is 2.80 bits per heavy atom. The molecule has 1 rings (SSSR count). The molecule has 0 aromatic carbocycles. The van der Waals surface area contributed by atoms with E-state index in [1.807, 2.05) is 13.8 Å². The summed E-state index contributed by atoms with van der Waals surface area (Å²) >= 11 is 0. The minimum Gasteiger partial charge on any atom is -0.387 e. The van der Waals surface area contributed by atoms with E-state index >= 15 is 0 Å². The Hall–Kier alpha value is -1.65. The van der Waals surface area contributed by atoms with E-state index in [0.717, 1.165) is 12.4 Å². The summed E-state index contributed by atoms with van der Waals surface area (Å²) in [5.41, 5.74) is 5.44. The topological polar surface area (TPSA) is 78.9 Å². The monoisotopic (exact) mass is 207 g/mol. The molecule has 0 fully saturated rings. The third-order valence-electron chi connectivity index (χ3n) is 2.28. The second-order valence-corrected chi connectivity index (χ2v) is 3.46. The molecule has 0 spiro atoms. The van der Waals surface area contributed by atoms with Crippen molar-refractivity contribution in [1.82, 2.24) is 9.97 Å². The molecule has 15 heavy (non-hydrogen) atoms. The fourth-order valence-electron chi connectivity index (χ4n) is 1.27. The van der Waals surface area contributed by atoms with Crippen molar-refractivity contribution in [2.45, 2.75) is 13.8 Å². The molecular formula is C10H17N5. The second kappa shape index (κ2) is 5.29. The Morgan fingerprint density at radius 1 is 1.60 bits per heavy atom. The first kappa shape index (κ1) is 11.4. The van der Waals surface area contributed by atoms with Gasteiger partial charge < -0.3 is 10.6 Å². The van der Waals surface area contributed by atoms with Gasteiger partial charge in [-0.3, -0.25) is 10.4 Å². The average molecular weight is 207 g/mol. The fraction of sp³-hybridized carbons (Fsp3) is 0.500. The summed E-state index contributed by atoms with van der Waals surface area (Å²) in [7, 11) is 0. The van der Waals surface area contributed by atoms with Crippen molar-refractivity contribution in [2.24, 2.45) is 11.7 Å². The van der Waals surface area contributed by atoms with Crippen LogP contribution in [0.3, 0.4) is 0 Å². The van der Waals surface area contributed by atoms with Crippen LogP contribution >= 0.6 is 0 Å². The molecule has 0 amide bonds. The zero-order chi connectivity index (χ0) is 11.3. The zero-order valence-corrected chi connectivity index (χ0v) is 9.14. The van der Waals surface area contributed by atoms with Gasteiger partial charge in [-0.25, -0.2) is 4.98 Å². The fourth-order valence-corrected chi connectivity index (χ4v) is 1.27. The van der Waals surface area contributed by atoms with Crippen LogP contribution in [0.25, 0.3) is 0 Å². The third kappa shape index (κ3) is 3.19. The van der Waals surface area contributed by atoms with Crippen LogP contribution in [0.5, 0.6) is 0 Å². The highest BCUT2D eigenvalue weighted by Gasteiger charge is 2.12. The molecule has 5 nitrogen and oxygen atoms in total. The number of hydrogen-bond donors (Lipinski definition) is 2. The molecule has 0 aliphatic rings. The first-order valence-corrected chi connectivity index (χ1v) is 5.00. The maximum absolute atomic E-state index is 7.35. The molecule has 1 unspecified atom stereocenters. The van der Waals surface area contributed by atoms with Crippen molar-refractivity contribution in [3.05, 3.63) is 18.6 Å². The summed E-state index contributed by atoms with van der Waals surface area (Å²) in [4.78, 5) is 10.3. The van der Waals surface area contributed by atoms with Crippen LogP contribution in [0.15, 0.2) is 18.6 Å². The number of rotatable bonds is 5. The maximum Gasteiger partial charge on any atom is 0.147 e. The van der Waals surface area contributed by atoms with E-state index < -0.39 is 0 Å². The van der Waals surface area contributed by atoms with E-state index in [1.54, 1.807) is 18.6 Å². The largest absolute Gasteiger partial charge is 0.387 e. The van der Waals surface area contributed by atoms with Gasteiger partial charge in [-0.15, -0.1) is 0 Å². The van der Waals surface area contributed by atoms with Gasteiger partial charge in [0.15, 0.2) is 0 Å². The number of nitrogens with two attached hydrogens (primary N) is 1. The molecule has 1 heterocycles. The summed E-state index contributed by atoms with van der Waals surface area (Å²) < 4.78 is 0. The molecule has 0 aliphatic carbocycles. The lowest BCUT2D eigenvalue weighted by Crippen LogP contribution is -2.34. The Morgan fingerprint density at radius 2 is 2.33 bits per heavy atom. The van der Waals surface area contributed by atoms with Gasteiger partial charge in [0.05, 0.1) is 12.0 Å². The van der Waals surface area contributed by atoms with Crippen molar-refractivity contribution in [1.29, 1.82) is 5.41 Å². The summed E-state index contributed by atoms with van der Waals surface area (Å²) in [6.45, 7) is 5.50. The normalized spacial score (nSPS) is 12.1. The first-order chi connectivity index (χ1) is 7.15. The van der Waals surface area contributed by atoms with Gasteiger partial charge in [0.25, 0.3) is 0 Å². The SMILES string of the molecule is CCN(CC(C)C(=N)N)c1cnccn1. The predicted molar refractivity (Wildman–Crippen MR) is 61.0 cm³/mol. The highest BCUT2D eigenvalue weighted by molar-refractivity contribution is 5.79. The molecule has 5 heteroatoms. The number of aromatic nitrogens is 2. The number of hydrogen-bond acceptors (Lipinski definition) is 4. The molecule has 0 aliphatic heterocycles. The third-order valence-corrected chi connectivity index (χ3v) is 2.28. The highest BCUT2D eigenvalue weighted by atomic mass is 15.2. The van der Waals surface area contributed by atoms with Crippen LogP contribution in [0, 0.1) is 11.3 Å². The summed E-state index contributed by atoms with van der Waals surface area (Å²) in [6.07, 6.45) is 5.03. The molecule has 0 saturated heterocycles. The molecule has 0 saturated carbocycles. The Bertz CT molecular complexity index is 311. The van der Waals surface area contributed by atoms with Crippen molar-refractivity contribution in [2.75, 3.05) is 18.0 Å². The molecule has 0 bridgehead atoms. The van der Waals surface area contributed by atoms with Crippen molar-refractivity contribution < 1.29 is 0 Å². The molecule has 1 atom stereocenters. The van der Waals surface area contributed by atoms with Gasteiger partial charge >= 0.3 is 0 Å². The Kier molecular flexibility index (Phi) is 4.03. The number of nitrogens with zero attached hydrogens (tertiary/aromatic N) is 3. The Balaban J connectivity index is 2.69. The molecule has 1 aromatic heterocycles. The number of anilines is 1. The lowest BCUT2D eigenvalue weighted by molar-refractivity contribution is 0.689. The average Bonchev–Trinajstić information content (AvgIpc) is 2.26. The van der Waals surface area contributed by atoms with Gasteiger partial charge in [-0.05, 0) is 6.92 Å². The van der Waals surface area contributed by atoms with Crippen LogP contribution in [0.1, 0.15) is 13.8 Å². The van der Waals surface area contributed by atoms with E-state index in [0.29, 0.717) is 6.54 Å². The molecular weight excluding hydrogens is 190 g/mol. The quantitative estimate of drug-likeness (QED) is 0.555. The molecule has 1 aromatic rings. The Labute approximate surface area is 89.8 Å². The number of amidine groups is 1. The van der Waals surface area contributed by atoms with E-state index in [2.05, 4.69) is 14.9 Å². The second-order valence-electron chi connectivity index (χ2n) is 3.46. The standard InChI is InChI=1S/C10H17N5/c1-3-15(7-8(2)10(11)12)9-6-13-4-5-14-9/h4-6,8H,3,7H2,1-2H3,(H3,11,12). The first-order valence-electron chi connectivity index (χ1n) is 5.00. The summed E-state index contributed by atoms with van der Waals surface area (Å²) in [5.74, 6) is 1.07. The maximum atomic E-state index is 7.35. The van der Waals surface area contributed by atoms with Crippen LogP contribution in [0.4, 0.5) is 5.82 Å². The lowest BCUT2D eigenvalue weighted by Gasteiger charge is -2.24. The van der Waals surface area contributed by atoms with Crippen LogP contribution < -0.4 is 10.6 Å². The molecule has 82 valence electrons. The van der Waals surface area contributed by atoms with E-state index in [1.165, 1.54) is 0 Å². The summed E-state index contributed by atoms with van der Waals surface area (Å²) in [5, 5.41) is 7.35. The van der Waals surface area contributed by atoms with Gasteiger partial charge in [0.1, 0.15) is 5.82 Å². The molecule has 3 N–H and O–H groups in total. The van der Waals surface area contributed by atoms with Crippen LogP contribution in [-0.2, 0) is 0 Å². The number of nitrogens with one attached hydrogen (secondary N) is 1. The minimum atomic E-state index is 0.0342. The van der Waals surface area contributed by atoms with E-state index in [-0.39, 0.29) is 11.8 Å². The van der Waals surface area contributed by atoms with Crippen LogP contribution in [-0.4, -0.2) is 28.9 Å². The van der Waals surface area contributed by atoms with Gasteiger partial charge in [0, 0.05) is 31.4 Å². The highest BCUT2D eigenvalue weighted by Crippen LogP contribution is 2.09. The summed E-state index contributed by atoms with van der Waals surface area (Å²) in [6, 6.07) is 0. The lowest BCUT2D eigenvalue weighted by atomic mass is 10.1. The van der Waals surface area contributed by atoms with Crippen LogP contribution in [0.2, 0.25) is 0 Å². The predicted octanol–water partition coefficient (Wildman–Crippen LogP) is 0.875. The van der Waals surface area contributed by atoms with E-state index in [9.17, 15) is 0 Å². The van der Waals surface area contributed by atoms with Gasteiger partial charge in [0.2, 0.25) is 0 Å². The van der Waals surface area contributed by atoms with Gasteiger partial charge in [-0.1, -0.05) is 6.92 Å². The van der Waals surface area contributed by atoms with Crippen molar-refractivity contribution in [3.8, 4) is 0 Å². The zero-order valence-electron chi connectivity index (χ0n) is 9.14. The van der Waals surface area contributed by atoms with E-state index in [4.69, 9.17) is 11.1 Å². The molecule has 0 radical (unpaired) electrons. The van der Waals surface area contributed by atoms with Crippen molar-refractivity contribution >= 4 is 11.7 Å².